The molecule has 0 aliphatic carbocycles. The molecule has 0 fully saturated rings. The first-order chi connectivity index (χ1) is 31.5. The monoisotopic (exact) mass is 895 g/mol. The summed E-state index contributed by atoms with van der Waals surface area (Å²) < 4.78 is 16.7. The van der Waals surface area contributed by atoms with E-state index in [-0.39, 0.29) is 37.5 Å². The summed E-state index contributed by atoms with van der Waals surface area (Å²) in [5.41, 5.74) is 0. The topological polar surface area (TPSA) is 78.9 Å². The molecular weight excluding hydrogens is 793 g/mol. The summed E-state index contributed by atoms with van der Waals surface area (Å²) in [6.07, 6.45) is 65.2. The van der Waals surface area contributed by atoms with Gasteiger partial charge in [0.05, 0.1) is 0 Å². The van der Waals surface area contributed by atoms with E-state index in [9.17, 15) is 14.4 Å². The summed E-state index contributed by atoms with van der Waals surface area (Å²) >= 11 is 0. The van der Waals surface area contributed by atoms with Gasteiger partial charge < -0.3 is 14.2 Å². The largest absolute Gasteiger partial charge is 0.462 e. The fraction of sp³-hybridized carbons (Fsp3) is 0.776. The maximum absolute atomic E-state index is 12.8. The van der Waals surface area contributed by atoms with Gasteiger partial charge in [-0.15, -0.1) is 0 Å². The van der Waals surface area contributed by atoms with Gasteiger partial charge in [0.25, 0.3) is 0 Å². The summed E-state index contributed by atoms with van der Waals surface area (Å²) in [4.78, 5) is 37.9. The number of hydrogen-bond acceptors (Lipinski definition) is 6. The van der Waals surface area contributed by atoms with E-state index in [2.05, 4.69) is 81.5 Å². The minimum Gasteiger partial charge on any atom is -0.462 e. The first-order valence-electron chi connectivity index (χ1n) is 27.3. The average Bonchev–Trinajstić information content (AvgIpc) is 3.29. The van der Waals surface area contributed by atoms with Crippen LogP contribution in [0.4, 0.5) is 0 Å². The summed E-state index contributed by atoms with van der Waals surface area (Å²) in [5, 5.41) is 0. The first kappa shape index (κ1) is 61.1. The number of carbonyl (C=O) groups is 3. The fourth-order valence-corrected chi connectivity index (χ4v) is 7.66. The molecule has 0 heterocycles. The zero-order valence-corrected chi connectivity index (χ0v) is 42.3. The van der Waals surface area contributed by atoms with Gasteiger partial charge in [-0.1, -0.05) is 229 Å². The molecule has 0 bridgehead atoms. The molecule has 1 unspecified atom stereocenters. The molecule has 0 rings (SSSR count). The van der Waals surface area contributed by atoms with Gasteiger partial charge in [0.2, 0.25) is 0 Å². The number of ether oxygens (including phenoxy) is 3. The van der Waals surface area contributed by atoms with Gasteiger partial charge in [-0.25, -0.2) is 0 Å². The highest BCUT2D eigenvalue weighted by atomic mass is 16.6. The molecule has 0 saturated heterocycles. The van der Waals surface area contributed by atoms with Crippen LogP contribution in [0.5, 0.6) is 0 Å². The fourth-order valence-electron chi connectivity index (χ4n) is 7.66. The van der Waals surface area contributed by atoms with Crippen molar-refractivity contribution in [3.63, 3.8) is 0 Å². The van der Waals surface area contributed by atoms with Crippen molar-refractivity contribution in [1.29, 1.82) is 0 Å². The highest BCUT2D eigenvalue weighted by Gasteiger charge is 2.19. The van der Waals surface area contributed by atoms with Crippen LogP contribution in [0, 0.1) is 0 Å². The molecule has 64 heavy (non-hydrogen) atoms. The molecule has 0 spiro atoms. The number of carbonyl (C=O) groups excluding carboxylic acids is 3. The third-order valence-corrected chi connectivity index (χ3v) is 11.8. The van der Waals surface area contributed by atoms with Crippen molar-refractivity contribution >= 4 is 17.9 Å². The number of hydrogen-bond donors (Lipinski definition) is 0. The summed E-state index contributed by atoms with van der Waals surface area (Å²) in [5.74, 6) is -0.931. The molecule has 0 amide bonds. The van der Waals surface area contributed by atoms with E-state index in [0.29, 0.717) is 19.3 Å². The van der Waals surface area contributed by atoms with E-state index >= 15 is 0 Å². The molecule has 0 aliphatic heterocycles. The Morgan fingerprint density at radius 2 is 0.609 bits per heavy atom. The lowest BCUT2D eigenvalue weighted by Crippen LogP contribution is -2.30. The molecule has 0 aliphatic rings. The molecule has 0 aromatic heterocycles. The molecule has 6 nitrogen and oxygen atoms in total. The van der Waals surface area contributed by atoms with Gasteiger partial charge >= 0.3 is 17.9 Å². The van der Waals surface area contributed by atoms with Crippen LogP contribution in [0.3, 0.4) is 0 Å². The van der Waals surface area contributed by atoms with E-state index in [1.165, 1.54) is 148 Å². The molecule has 0 radical (unpaired) electrons. The third kappa shape index (κ3) is 50.1. The van der Waals surface area contributed by atoms with Gasteiger partial charge in [0, 0.05) is 19.3 Å². The van der Waals surface area contributed by atoms with Crippen molar-refractivity contribution in [3.05, 3.63) is 60.8 Å². The highest BCUT2D eigenvalue weighted by Crippen LogP contribution is 2.15. The van der Waals surface area contributed by atoms with Gasteiger partial charge in [0.1, 0.15) is 13.2 Å². The Morgan fingerprint density at radius 1 is 0.328 bits per heavy atom. The highest BCUT2D eigenvalue weighted by molar-refractivity contribution is 5.71. The maximum atomic E-state index is 12.8. The van der Waals surface area contributed by atoms with Crippen LogP contribution >= 0.6 is 0 Å². The van der Waals surface area contributed by atoms with Crippen molar-refractivity contribution in [2.75, 3.05) is 13.2 Å². The molecular formula is C58H102O6. The standard InChI is InChI=1S/C58H102O6/c1-4-7-10-13-16-19-21-23-25-26-27-28-29-30-31-32-34-35-37-39-42-45-48-51-57(60)63-54-55(53-62-56(59)50-47-44-41-18-15-12-9-6-3)64-58(61)52-49-46-43-40-38-36-33-24-22-20-17-14-11-8-5-2/h8,11,17,20,24,26-27,33,38,40,55H,4-7,9-10,12-16,18-19,21-23,25,28-32,34-37,39,41-54H2,1-3H3/b11-8-,20-17-,27-26-,33-24-,40-38-. The second kappa shape index (κ2) is 52.7. The number of unbranched alkanes of at least 4 members (excludes halogenated alkanes) is 28. The molecule has 1 atom stereocenters. The van der Waals surface area contributed by atoms with Crippen molar-refractivity contribution in [1.82, 2.24) is 0 Å². The molecule has 0 N–H and O–H groups in total. The SMILES string of the molecule is CC/C=C\C/C=C\C/C=C\C/C=C\CCCCC(=O)OC(COC(=O)CCCCCCCCCC)COC(=O)CCCCCCCCCCCCC/C=C\CCCCCCCCCC. The quantitative estimate of drug-likeness (QED) is 0.0262. The lowest BCUT2D eigenvalue weighted by Gasteiger charge is -2.18. The van der Waals surface area contributed by atoms with Gasteiger partial charge in [-0.3, -0.25) is 14.4 Å². The lowest BCUT2D eigenvalue weighted by molar-refractivity contribution is -0.167. The van der Waals surface area contributed by atoms with Crippen LogP contribution in [0.15, 0.2) is 60.8 Å². The van der Waals surface area contributed by atoms with E-state index in [0.717, 1.165) is 77.0 Å². The van der Waals surface area contributed by atoms with Crippen LogP contribution in [0.25, 0.3) is 0 Å². The minimum atomic E-state index is -0.792. The summed E-state index contributed by atoms with van der Waals surface area (Å²) in [6.45, 7) is 6.47. The predicted octanol–water partition coefficient (Wildman–Crippen LogP) is 18.0. The van der Waals surface area contributed by atoms with E-state index < -0.39 is 6.10 Å². The Kier molecular flexibility index (Phi) is 50.4. The molecule has 6 heteroatoms. The molecule has 0 aromatic carbocycles. The van der Waals surface area contributed by atoms with Crippen LogP contribution in [0.1, 0.15) is 271 Å². The molecule has 0 saturated carbocycles. The predicted molar refractivity (Wildman–Crippen MR) is 275 cm³/mol. The van der Waals surface area contributed by atoms with Crippen LogP contribution in [-0.4, -0.2) is 37.2 Å². The third-order valence-electron chi connectivity index (χ3n) is 11.8. The van der Waals surface area contributed by atoms with E-state index in [1.54, 1.807) is 0 Å². The van der Waals surface area contributed by atoms with Crippen molar-refractivity contribution < 1.29 is 28.6 Å². The number of allylic oxidation sites excluding steroid dienone is 10. The first-order valence-corrected chi connectivity index (χ1v) is 27.3. The normalized spacial score (nSPS) is 12.5. The lowest BCUT2D eigenvalue weighted by atomic mass is 10.0. The Hall–Kier alpha value is -2.89. The van der Waals surface area contributed by atoms with Gasteiger partial charge in [0.15, 0.2) is 6.10 Å². The summed E-state index contributed by atoms with van der Waals surface area (Å²) in [6, 6.07) is 0. The van der Waals surface area contributed by atoms with Crippen molar-refractivity contribution in [2.24, 2.45) is 0 Å². The van der Waals surface area contributed by atoms with Crippen LogP contribution in [0.2, 0.25) is 0 Å². The smallest absolute Gasteiger partial charge is 0.306 e. The zero-order chi connectivity index (χ0) is 46.5. The molecule has 0 aromatic rings. The molecule has 370 valence electrons. The number of esters is 3. The van der Waals surface area contributed by atoms with Crippen LogP contribution < -0.4 is 0 Å². The zero-order valence-electron chi connectivity index (χ0n) is 42.3. The Labute approximate surface area is 396 Å². The second-order valence-electron chi connectivity index (χ2n) is 18.1. The van der Waals surface area contributed by atoms with E-state index in [1.807, 2.05) is 0 Å². The van der Waals surface area contributed by atoms with Gasteiger partial charge in [-0.2, -0.15) is 0 Å². The average molecular weight is 895 g/mol. The number of rotatable bonds is 49. The van der Waals surface area contributed by atoms with E-state index in [4.69, 9.17) is 14.2 Å². The second-order valence-corrected chi connectivity index (χ2v) is 18.1. The van der Waals surface area contributed by atoms with Gasteiger partial charge in [-0.05, 0) is 83.5 Å². The Bertz CT molecular complexity index is 1170. The Morgan fingerprint density at radius 3 is 1.00 bits per heavy atom. The minimum absolute atomic E-state index is 0.0897. The maximum Gasteiger partial charge on any atom is 0.306 e. The van der Waals surface area contributed by atoms with Crippen molar-refractivity contribution in [2.45, 2.75) is 277 Å². The summed E-state index contributed by atoms with van der Waals surface area (Å²) in [7, 11) is 0. The van der Waals surface area contributed by atoms with Crippen molar-refractivity contribution in [3.8, 4) is 0 Å². The Balaban J connectivity index is 4.24. The van der Waals surface area contributed by atoms with Crippen LogP contribution in [-0.2, 0) is 28.6 Å².